The Hall–Kier alpha value is -3.33. The molecule has 0 atom stereocenters. The third kappa shape index (κ3) is 3.31. The Morgan fingerprint density at radius 1 is 1.16 bits per heavy atom. The number of amides is 1. The molecule has 0 saturated heterocycles. The predicted octanol–water partition coefficient (Wildman–Crippen LogP) is 1.24. The van der Waals surface area contributed by atoms with E-state index in [9.17, 15) is 19.5 Å². The van der Waals surface area contributed by atoms with Crippen LogP contribution in [0.3, 0.4) is 0 Å². The zero-order valence-electron chi connectivity index (χ0n) is 12.6. The van der Waals surface area contributed by atoms with Crippen LogP contribution in [0.4, 0.5) is 0 Å². The molecule has 0 aliphatic rings. The number of fused-ring (bicyclic) bond motifs is 1. The molecular formula is C16H11N3O5S. The highest BCUT2D eigenvalue weighted by atomic mass is 32.1. The molecule has 126 valence electrons. The lowest BCUT2D eigenvalue weighted by atomic mass is 10.1. The number of nitrogens with zero attached hydrogens (tertiary/aromatic N) is 2. The topological polar surface area (TPSA) is 129 Å². The van der Waals surface area contributed by atoms with Crippen LogP contribution < -0.4 is 10.7 Å². The van der Waals surface area contributed by atoms with Crippen LogP contribution in [-0.2, 0) is 4.79 Å². The number of aromatic nitrogens is 2. The maximum absolute atomic E-state index is 12.5. The molecular weight excluding hydrogens is 346 g/mol. The van der Waals surface area contributed by atoms with E-state index in [1.165, 1.54) is 6.33 Å². The Morgan fingerprint density at radius 2 is 1.88 bits per heavy atom. The van der Waals surface area contributed by atoms with Crippen molar-refractivity contribution >= 4 is 33.3 Å². The van der Waals surface area contributed by atoms with Crippen LogP contribution >= 0.6 is 11.3 Å². The molecule has 25 heavy (non-hydrogen) atoms. The summed E-state index contributed by atoms with van der Waals surface area (Å²) in [6, 6.07) is 4.92. The fourth-order valence-corrected chi connectivity index (χ4v) is 3.21. The number of carbonyl (C=O) groups is 2. The monoisotopic (exact) mass is 357 g/mol. The predicted molar refractivity (Wildman–Crippen MR) is 90.8 cm³/mol. The van der Waals surface area contributed by atoms with Crippen LogP contribution in [0, 0.1) is 0 Å². The Labute approximate surface area is 144 Å². The van der Waals surface area contributed by atoms with Gasteiger partial charge < -0.3 is 15.5 Å². The molecule has 2 aromatic heterocycles. The molecule has 0 unspecified atom stereocenters. The van der Waals surface area contributed by atoms with Gasteiger partial charge in [0.25, 0.3) is 5.91 Å². The van der Waals surface area contributed by atoms with Crippen molar-refractivity contribution < 1.29 is 19.8 Å². The minimum Gasteiger partial charge on any atom is -0.499 e. The summed E-state index contributed by atoms with van der Waals surface area (Å²) in [7, 11) is 0. The van der Waals surface area contributed by atoms with Crippen LogP contribution in [0.1, 0.15) is 10.4 Å². The summed E-state index contributed by atoms with van der Waals surface area (Å²) in [5.41, 5.74) is 0.373. The zero-order valence-corrected chi connectivity index (χ0v) is 13.4. The molecule has 0 radical (unpaired) electrons. The number of rotatable bonds is 4. The van der Waals surface area contributed by atoms with Gasteiger partial charge in [0.15, 0.2) is 5.06 Å². The number of carboxylic acid groups (broad SMARTS) is 1. The molecule has 3 N–H and O–H groups in total. The second-order valence-corrected chi connectivity index (χ2v) is 6.06. The van der Waals surface area contributed by atoms with E-state index in [2.05, 4.69) is 15.3 Å². The summed E-state index contributed by atoms with van der Waals surface area (Å²) in [6.45, 7) is -0.645. The Kier molecular flexibility index (Phi) is 4.40. The molecule has 1 amide bonds. The molecule has 0 aliphatic carbocycles. The SMILES string of the molecule is O=C(O)CNC(=O)c1c(O)sc2cc(-c3cncnc3)ccc2c1=O. The fraction of sp³-hybridized carbons (Fsp3) is 0.0625. The van der Waals surface area contributed by atoms with E-state index in [4.69, 9.17) is 5.11 Å². The lowest BCUT2D eigenvalue weighted by Gasteiger charge is -2.07. The van der Waals surface area contributed by atoms with Gasteiger partial charge in [-0.05, 0) is 17.7 Å². The number of aliphatic carboxylic acids is 1. The smallest absolute Gasteiger partial charge is 0.322 e. The number of carbonyl (C=O) groups excluding carboxylic acids is 1. The number of nitrogens with one attached hydrogen (secondary N) is 1. The quantitative estimate of drug-likeness (QED) is 0.640. The summed E-state index contributed by atoms with van der Waals surface area (Å²) in [5, 5.41) is 20.5. The summed E-state index contributed by atoms with van der Waals surface area (Å²) in [5.74, 6) is -2.18. The number of aromatic hydroxyl groups is 1. The first-order valence-electron chi connectivity index (χ1n) is 7.02. The average Bonchev–Trinajstić information content (AvgIpc) is 2.60. The Balaban J connectivity index is 2.08. The second kappa shape index (κ2) is 6.65. The second-order valence-electron chi connectivity index (χ2n) is 5.03. The number of hydrogen-bond donors (Lipinski definition) is 3. The number of carboxylic acids is 1. The van der Waals surface area contributed by atoms with E-state index >= 15 is 0 Å². The van der Waals surface area contributed by atoms with Gasteiger partial charge in [-0.3, -0.25) is 14.4 Å². The summed E-state index contributed by atoms with van der Waals surface area (Å²) < 4.78 is 0.485. The molecule has 0 aliphatic heterocycles. The third-order valence-corrected chi connectivity index (χ3v) is 4.35. The van der Waals surface area contributed by atoms with Crippen LogP contribution in [0.15, 0.2) is 41.7 Å². The minimum absolute atomic E-state index is 0.254. The van der Waals surface area contributed by atoms with E-state index in [1.807, 2.05) is 0 Å². The van der Waals surface area contributed by atoms with Crippen molar-refractivity contribution in [3.8, 4) is 16.2 Å². The molecule has 3 rings (SSSR count). The van der Waals surface area contributed by atoms with Gasteiger partial charge in [0.1, 0.15) is 18.4 Å². The Bertz CT molecular complexity index is 1030. The Morgan fingerprint density at radius 3 is 2.56 bits per heavy atom. The molecule has 3 aromatic rings. The van der Waals surface area contributed by atoms with Gasteiger partial charge in [-0.1, -0.05) is 17.4 Å². The maximum Gasteiger partial charge on any atom is 0.322 e. The molecule has 2 heterocycles. The van der Waals surface area contributed by atoms with Gasteiger partial charge in [0, 0.05) is 28.0 Å². The van der Waals surface area contributed by atoms with Gasteiger partial charge in [-0.15, -0.1) is 0 Å². The molecule has 1 aromatic carbocycles. The number of hydrogen-bond acceptors (Lipinski definition) is 7. The number of benzene rings is 1. The van der Waals surface area contributed by atoms with Gasteiger partial charge >= 0.3 is 5.97 Å². The van der Waals surface area contributed by atoms with E-state index in [-0.39, 0.29) is 5.39 Å². The van der Waals surface area contributed by atoms with Crippen molar-refractivity contribution in [3.63, 3.8) is 0 Å². The molecule has 0 spiro atoms. The summed E-state index contributed by atoms with van der Waals surface area (Å²) in [4.78, 5) is 42.9. The van der Waals surface area contributed by atoms with Crippen LogP contribution in [-0.4, -0.2) is 38.6 Å². The minimum atomic E-state index is -1.25. The van der Waals surface area contributed by atoms with Crippen molar-refractivity contribution in [1.29, 1.82) is 0 Å². The maximum atomic E-state index is 12.5. The first kappa shape index (κ1) is 16.5. The molecule has 0 fully saturated rings. The first-order valence-corrected chi connectivity index (χ1v) is 7.84. The van der Waals surface area contributed by atoms with Crippen LogP contribution in [0.2, 0.25) is 0 Å². The van der Waals surface area contributed by atoms with E-state index in [0.29, 0.717) is 4.70 Å². The van der Waals surface area contributed by atoms with Gasteiger partial charge in [-0.2, -0.15) is 0 Å². The largest absolute Gasteiger partial charge is 0.499 e. The van der Waals surface area contributed by atoms with Crippen molar-refractivity contribution in [2.75, 3.05) is 6.54 Å². The molecule has 8 nitrogen and oxygen atoms in total. The lowest BCUT2D eigenvalue weighted by molar-refractivity contribution is -0.135. The highest BCUT2D eigenvalue weighted by Gasteiger charge is 2.20. The van der Waals surface area contributed by atoms with Gasteiger partial charge in [0.05, 0.1) is 0 Å². The highest BCUT2D eigenvalue weighted by molar-refractivity contribution is 7.20. The van der Waals surface area contributed by atoms with Gasteiger partial charge in [-0.25, -0.2) is 9.97 Å². The van der Waals surface area contributed by atoms with Gasteiger partial charge in [0.2, 0.25) is 5.43 Å². The molecule has 0 saturated carbocycles. The van der Waals surface area contributed by atoms with Crippen LogP contribution in [0.5, 0.6) is 5.06 Å². The summed E-state index contributed by atoms with van der Waals surface area (Å²) >= 11 is 0.860. The van der Waals surface area contributed by atoms with E-state index < -0.39 is 34.5 Å². The fourth-order valence-electron chi connectivity index (χ4n) is 2.25. The van der Waals surface area contributed by atoms with Crippen molar-refractivity contribution in [3.05, 3.63) is 52.7 Å². The lowest BCUT2D eigenvalue weighted by Crippen LogP contribution is -2.32. The van der Waals surface area contributed by atoms with Crippen molar-refractivity contribution in [2.24, 2.45) is 0 Å². The van der Waals surface area contributed by atoms with Crippen LogP contribution in [0.25, 0.3) is 21.2 Å². The summed E-state index contributed by atoms with van der Waals surface area (Å²) in [6.07, 6.45) is 4.63. The zero-order chi connectivity index (χ0) is 18.0. The standard InChI is InChI=1S/C16H11N3O5S/c20-12(21)6-19-15(23)13-14(22)10-2-1-8(3-11(10)25-16(13)24)9-4-17-7-18-5-9/h1-5,7,24H,6H2,(H,19,23)(H,20,21). The van der Waals surface area contributed by atoms with E-state index in [0.717, 1.165) is 22.5 Å². The normalized spacial score (nSPS) is 10.6. The highest BCUT2D eigenvalue weighted by Crippen LogP contribution is 2.30. The van der Waals surface area contributed by atoms with E-state index in [1.54, 1.807) is 30.6 Å². The third-order valence-electron chi connectivity index (χ3n) is 3.39. The van der Waals surface area contributed by atoms with Crippen molar-refractivity contribution in [1.82, 2.24) is 15.3 Å². The van der Waals surface area contributed by atoms with Crippen molar-refractivity contribution in [2.45, 2.75) is 0 Å². The first-order chi connectivity index (χ1) is 12.0. The molecule has 9 heteroatoms. The average molecular weight is 357 g/mol. The molecule has 0 bridgehead atoms.